The number of benzene rings is 1. The summed E-state index contributed by atoms with van der Waals surface area (Å²) in [7, 11) is 0. The van der Waals surface area contributed by atoms with Crippen LogP contribution in [0.3, 0.4) is 0 Å². The average Bonchev–Trinajstić information content (AvgIpc) is 3.09. The highest BCUT2D eigenvalue weighted by atomic mass is 16.6. The summed E-state index contributed by atoms with van der Waals surface area (Å²) >= 11 is 0. The Bertz CT molecular complexity index is 682. The van der Waals surface area contributed by atoms with Gasteiger partial charge in [-0.25, -0.2) is 0 Å². The molecule has 1 saturated heterocycles. The zero-order valence-corrected chi connectivity index (χ0v) is 14.6. The van der Waals surface area contributed by atoms with Crippen molar-refractivity contribution in [3.63, 3.8) is 0 Å². The molecule has 3 rings (SSSR count). The van der Waals surface area contributed by atoms with Crippen molar-refractivity contribution in [3.8, 4) is 12.3 Å². The summed E-state index contributed by atoms with van der Waals surface area (Å²) < 4.78 is 5.46. The molecule has 25 heavy (non-hydrogen) atoms. The van der Waals surface area contributed by atoms with Gasteiger partial charge in [-0.05, 0) is 25.3 Å². The van der Waals surface area contributed by atoms with Crippen LogP contribution in [0, 0.1) is 24.7 Å². The Morgan fingerprint density at radius 2 is 2.08 bits per heavy atom. The maximum atomic E-state index is 12.7. The van der Waals surface area contributed by atoms with E-state index in [2.05, 4.69) is 47.6 Å². The first kappa shape index (κ1) is 17.5. The molecule has 1 atom stereocenters. The van der Waals surface area contributed by atoms with Crippen molar-refractivity contribution in [1.82, 2.24) is 5.32 Å². The van der Waals surface area contributed by atoms with Gasteiger partial charge in [0.25, 0.3) is 0 Å². The van der Waals surface area contributed by atoms with Crippen molar-refractivity contribution in [2.45, 2.75) is 38.7 Å². The quantitative estimate of drug-likeness (QED) is 0.838. The summed E-state index contributed by atoms with van der Waals surface area (Å²) in [5.74, 6) is 2.47. The molecule has 1 aromatic rings. The van der Waals surface area contributed by atoms with Crippen LogP contribution in [0.2, 0.25) is 0 Å². The van der Waals surface area contributed by atoms with Gasteiger partial charge < -0.3 is 14.9 Å². The van der Waals surface area contributed by atoms with Crippen LogP contribution in [-0.4, -0.2) is 37.5 Å². The van der Waals surface area contributed by atoms with Crippen molar-refractivity contribution in [2.75, 3.05) is 19.8 Å². The van der Waals surface area contributed by atoms with E-state index in [1.165, 1.54) is 5.56 Å². The standard InChI is InChI=1S/C20H24N2O3/c1-3-10-21-19(23)20(8-11-24-12-9-20)14-17-13-18(22-25-17)16-6-4-15(2)5-7-16/h1,4-7,17H,8-14H2,2H3,(H,21,23)/t17-/m0/s1. The average molecular weight is 340 g/mol. The number of hydrogen-bond acceptors (Lipinski definition) is 4. The minimum atomic E-state index is -0.488. The Kier molecular flexibility index (Phi) is 5.40. The molecule has 0 saturated carbocycles. The first-order valence-corrected chi connectivity index (χ1v) is 8.72. The molecule has 1 fully saturated rings. The summed E-state index contributed by atoms with van der Waals surface area (Å²) in [5.41, 5.74) is 2.74. The maximum absolute atomic E-state index is 12.7. The molecular weight excluding hydrogens is 316 g/mol. The third-order valence-electron chi connectivity index (χ3n) is 5.02. The molecule has 0 bridgehead atoms. The van der Waals surface area contributed by atoms with Crippen molar-refractivity contribution in [3.05, 3.63) is 35.4 Å². The maximum Gasteiger partial charge on any atom is 0.227 e. The Hall–Kier alpha value is -2.32. The molecule has 5 nitrogen and oxygen atoms in total. The molecule has 132 valence electrons. The first-order chi connectivity index (χ1) is 12.1. The summed E-state index contributed by atoms with van der Waals surface area (Å²) in [6, 6.07) is 8.25. The van der Waals surface area contributed by atoms with Gasteiger partial charge in [-0.1, -0.05) is 40.9 Å². The van der Waals surface area contributed by atoms with Gasteiger partial charge in [-0.3, -0.25) is 4.79 Å². The lowest BCUT2D eigenvalue weighted by Crippen LogP contribution is -2.46. The predicted octanol–water partition coefficient (Wildman–Crippen LogP) is 2.42. The highest BCUT2D eigenvalue weighted by Crippen LogP contribution is 2.38. The molecule has 2 aliphatic rings. The molecule has 0 aromatic heterocycles. The molecule has 5 heteroatoms. The van der Waals surface area contributed by atoms with Crippen molar-refractivity contribution in [2.24, 2.45) is 10.6 Å². The Balaban J connectivity index is 1.66. The molecule has 2 aliphatic heterocycles. The number of terminal acetylenes is 1. The SMILES string of the molecule is C#CCNC(=O)C1(C[C@@H]2CC(c3ccc(C)cc3)=NO2)CCOCC1. The third kappa shape index (κ3) is 4.02. The molecule has 1 aromatic carbocycles. The Morgan fingerprint density at radius 1 is 1.36 bits per heavy atom. The Labute approximate surface area is 148 Å². The highest BCUT2D eigenvalue weighted by molar-refractivity contribution is 6.01. The fraction of sp³-hybridized carbons (Fsp3) is 0.500. The summed E-state index contributed by atoms with van der Waals surface area (Å²) in [6.07, 6.45) is 7.90. The molecule has 2 heterocycles. The molecule has 0 spiro atoms. The van der Waals surface area contributed by atoms with Crippen LogP contribution >= 0.6 is 0 Å². The van der Waals surface area contributed by atoms with Crippen molar-refractivity contribution >= 4 is 11.6 Å². The fourth-order valence-corrected chi connectivity index (χ4v) is 3.49. The van der Waals surface area contributed by atoms with Gasteiger partial charge in [-0.2, -0.15) is 0 Å². The van der Waals surface area contributed by atoms with Gasteiger partial charge in [0.15, 0.2) is 0 Å². The van der Waals surface area contributed by atoms with E-state index < -0.39 is 5.41 Å². The normalized spacial score (nSPS) is 21.8. The second-order valence-electron chi connectivity index (χ2n) is 6.82. The Morgan fingerprint density at radius 3 is 2.76 bits per heavy atom. The lowest BCUT2D eigenvalue weighted by atomic mass is 9.74. The third-order valence-corrected chi connectivity index (χ3v) is 5.02. The van der Waals surface area contributed by atoms with E-state index in [0.29, 0.717) is 38.9 Å². The number of ether oxygens (including phenoxy) is 1. The number of carbonyl (C=O) groups excluding carboxylic acids is 1. The zero-order valence-electron chi connectivity index (χ0n) is 14.6. The van der Waals surface area contributed by atoms with Crippen LogP contribution in [0.1, 0.15) is 36.8 Å². The first-order valence-electron chi connectivity index (χ1n) is 8.72. The minimum Gasteiger partial charge on any atom is -0.392 e. The van der Waals surface area contributed by atoms with Crippen LogP contribution in [0.15, 0.2) is 29.4 Å². The van der Waals surface area contributed by atoms with Gasteiger partial charge in [0.2, 0.25) is 5.91 Å². The smallest absolute Gasteiger partial charge is 0.227 e. The number of amides is 1. The summed E-state index contributed by atoms with van der Waals surface area (Å²) in [6.45, 7) is 3.48. The molecule has 0 radical (unpaired) electrons. The number of rotatable bonds is 5. The van der Waals surface area contributed by atoms with Crippen LogP contribution in [-0.2, 0) is 14.4 Å². The summed E-state index contributed by atoms with van der Waals surface area (Å²) in [4.78, 5) is 18.4. The fourth-order valence-electron chi connectivity index (χ4n) is 3.49. The topological polar surface area (TPSA) is 59.9 Å². The number of carbonyl (C=O) groups is 1. The van der Waals surface area contributed by atoms with E-state index in [-0.39, 0.29) is 18.6 Å². The van der Waals surface area contributed by atoms with E-state index >= 15 is 0 Å². The number of oxime groups is 1. The van der Waals surface area contributed by atoms with Crippen LogP contribution in [0.5, 0.6) is 0 Å². The number of nitrogens with zero attached hydrogens (tertiary/aromatic N) is 1. The van der Waals surface area contributed by atoms with Crippen molar-refractivity contribution in [1.29, 1.82) is 0 Å². The summed E-state index contributed by atoms with van der Waals surface area (Å²) in [5, 5.41) is 7.10. The van der Waals surface area contributed by atoms with E-state index in [1.807, 2.05) is 0 Å². The van der Waals surface area contributed by atoms with Crippen LogP contribution in [0.4, 0.5) is 0 Å². The van der Waals surface area contributed by atoms with Gasteiger partial charge in [0, 0.05) is 26.1 Å². The lowest BCUT2D eigenvalue weighted by molar-refractivity contribution is -0.139. The van der Waals surface area contributed by atoms with Gasteiger partial charge >= 0.3 is 0 Å². The number of aryl methyl sites for hydroxylation is 1. The minimum absolute atomic E-state index is 0.00105. The van der Waals surface area contributed by atoms with E-state index in [4.69, 9.17) is 16.0 Å². The van der Waals surface area contributed by atoms with Gasteiger partial charge in [0.1, 0.15) is 6.10 Å². The van der Waals surface area contributed by atoms with E-state index in [9.17, 15) is 4.79 Å². The molecule has 0 aliphatic carbocycles. The van der Waals surface area contributed by atoms with E-state index in [1.54, 1.807) is 0 Å². The molecule has 1 N–H and O–H groups in total. The van der Waals surface area contributed by atoms with Crippen LogP contribution in [0.25, 0.3) is 0 Å². The van der Waals surface area contributed by atoms with Gasteiger partial charge in [-0.15, -0.1) is 6.42 Å². The molecule has 0 unspecified atom stereocenters. The number of hydrogen-bond donors (Lipinski definition) is 1. The second-order valence-corrected chi connectivity index (χ2v) is 6.82. The molecule has 1 amide bonds. The molecular formula is C20H24N2O3. The van der Waals surface area contributed by atoms with Gasteiger partial charge in [0.05, 0.1) is 17.7 Å². The largest absolute Gasteiger partial charge is 0.392 e. The lowest BCUT2D eigenvalue weighted by Gasteiger charge is -2.36. The second kappa shape index (κ2) is 7.71. The number of nitrogens with one attached hydrogen (secondary N) is 1. The monoisotopic (exact) mass is 340 g/mol. The zero-order chi connectivity index (χ0) is 17.7. The predicted molar refractivity (Wildman–Crippen MR) is 96.2 cm³/mol. The van der Waals surface area contributed by atoms with Crippen LogP contribution < -0.4 is 5.32 Å². The van der Waals surface area contributed by atoms with E-state index in [0.717, 1.165) is 11.3 Å². The van der Waals surface area contributed by atoms with Crippen molar-refractivity contribution < 1.29 is 14.4 Å². The highest BCUT2D eigenvalue weighted by Gasteiger charge is 2.43.